The minimum Gasteiger partial charge on any atom is -0.459 e. The third-order valence-electron chi connectivity index (χ3n) is 4.90. The molecule has 1 amide bonds. The Morgan fingerprint density at radius 3 is 2.30 bits per heavy atom. The van der Waals surface area contributed by atoms with E-state index in [-0.39, 0.29) is 18.4 Å². The molecule has 0 spiro atoms. The number of hydrogen-bond acceptors (Lipinski definition) is 3. The van der Waals surface area contributed by atoms with Crippen LogP contribution in [0.25, 0.3) is 0 Å². The SMILES string of the molecule is Cc1cc(C)c2c(c1)C(C)(C(=O)OC(C)(C)C)CN2C(=O)c1ccccc1. The molecule has 1 aliphatic rings. The average Bonchev–Trinajstić information content (AvgIpc) is 2.88. The molecule has 0 aromatic heterocycles. The lowest BCUT2D eigenvalue weighted by molar-refractivity contribution is -0.160. The van der Waals surface area contributed by atoms with Crippen molar-refractivity contribution in [1.82, 2.24) is 0 Å². The van der Waals surface area contributed by atoms with Crippen molar-refractivity contribution >= 4 is 17.6 Å². The van der Waals surface area contributed by atoms with Crippen molar-refractivity contribution in [2.75, 3.05) is 11.4 Å². The van der Waals surface area contributed by atoms with Crippen LogP contribution < -0.4 is 4.90 Å². The zero-order chi connectivity index (χ0) is 20.0. The maximum Gasteiger partial charge on any atom is 0.318 e. The van der Waals surface area contributed by atoms with E-state index in [9.17, 15) is 9.59 Å². The number of nitrogens with zero attached hydrogens (tertiary/aromatic N) is 1. The zero-order valence-electron chi connectivity index (χ0n) is 16.9. The molecule has 1 unspecified atom stereocenters. The molecule has 0 radical (unpaired) electrons. The fourth-order valence-corrected chi connectivity index (χ4v) is 3.69. The summed E-state index contributed by atoms with van der Waals surface area (Å²) < 4.78 is 5.72. The summed E-state index contributed by atoms with van der Waals surface area (Å²) in [6, 6.07) is 13.2. The molecule has 0 aliphatic carbocycles. The minimum absolute atomic E-state index is 0.101. The summed E-state index contributed by atoms with van der Waals surface area (Å²) in [5.74, 6) is -0.402. The van der Waals surface area contributed by atoms with Crippen molar-refractivity contribution in [3.63, 3.8) is 0 Å². The number of esters is 1. The number of benzene rings is 2. The van der Waals surface area contributed by atoms with E-state index in [4.69, 9.17) is 4.74 Å². The quantitative estimate of drug-likeness (QED) is 0.733. The topological polar surface area (TPSA) is 46.6 Å². The Hall–Kier alpha value is -2.62. The molecule has 0 saturated heterocycles. The molecule has 2 aromatic rings. The number of hydrogen-bond donors (Lipinski definition) is 0. The van der Waals surface area contributed by atoms with E-state index < -0.39 is 11.0 Å². The highest BCUT2D eigenvalue weighted by Gasteiger charge is 2.49. The maximum absolute atomic E-state index is 13.2. The highest BCUT2D eigenvalue weighted by Crippen LogP contribution is 2.45. The van der Waals surface area contributed by atoms with Gasteiger partial charge in [-0.3, -0.25) is 9.59 Å². The van der Waals surface area contributed by atoms with E-state index in [1.165, 1.54) is 0 Å². The highest BCUT2D eigenvalue weighted by molar-refractivity contribution is 6.10. The van der Waals surface area contributed by atoms with Gasteiger partial charge in [0.1, 0.15) is 11.0 Å². The molecule has 27 heavy (non-hydrogen) atoms. The molecule has 2 aromatic carbocycles. The van der Waals surface area contributed by atoms with E-state index in [1.54, 1.807) is 17.0 Å². The molecule has 0 saturated carbocycles. The molecule has 0 fully saturated rings. The monoisotopic (exact) mass is 365 g/mol. The number of ether oxygens (including phenoxy) is 1. The Balaban J connectivity index is 2.11. The summed E-state index contributed by atoms with van der Waals surface area (Å²) in [6.07, 6.45) is 0. The van der Waals surface area contributed by atoms with Gasteiger partial charge in [0.15, 0.2) is 0 Å². The summed E-state index contributed by atoms with van der Waals surface area (Å²) in [5.41, 5.74) is 2.86. The highest BCUT2D eigenvalue weighted by atomic mass is 16.6. The lowest BCUT2D eigenvalue weighted by Gasteiger charge is -2.29. The predicted molar refractivity (Wildman–Crippen MR) is 107 cm³/mol. The second kappa shape index (κ2) is 6.52. The lowest BCUT2D eigenvalue weighted by atomic mass is 9.83. The van der Waals surface area contributed by atoms with E-state index in [1.807, 2.05) is 71.9 Å². The van der Waals surface area contributed by atoms with Crippen molar-refractivity contribution < 1.29 is 14.3 Å². The fourth-order valence-electron chi connectivity index (χ4n) is 3.69. The summed E-state index contributed by atoms with van der Waals surface area (Å²) >= 11 is 0. The van der Waals surface area contributed by atoms with Crippen LogP contribution in [0.2, 0.25) is 0 Å². The van der Waals surface area contributed by atoms with Crippen LogP contribution in [0.4, 0.5) is 5.69 Å². The zero-order valence-corrected chi connectivity index (χ0v) is 16.9. The molecule has 3 rings (SSSR count). The van der Waals surface area contributed by atoms with Crippen molar-refractivity contribution in [2.24, 2.45) is 0 Å². The number of aryl methyl sites for hydroxylation is 2. The van der Waals surface area contributed by atoms with Crippen LogP contribution in [-0.4, -0.2) is 24.0 Å². The Morgan fingerprint density at radius 1 is 1.07 bits per heavy atom. The number of carbonyl (C=O) groups excluding carboxylic acids is 2. The second-order valence-corrected chi connectivity index (χ2v) is 8.57. The Labute approximate surface area is 161 Å². The van der Waals surface area contributed by atoms with Gasteiger partial charge in [0.25, 0.3) is 5.91 Å². The normalized spacial score (nSPS) is 19.0. The smallest absolute Gasteiger partial charge is 0.318 e. The molecular weight excluding hydrogens is 338 g/mol. The largest absolute Gasteiger partial charge is 0.459 e. The number of rotatable bonds is 2. The number of carbonyl (C=O) groups is 2. The van der Waals surface area contributed by atoms with Gasteiger partial charge in [-0.15, -0.1) is 0 Å². The van der Waals surface area contributed by atoms with E-state index in [2.05, 4.69) is 0 Å². The molecule has 0 bridgehead atoms. The maximum atomic E-state index is 13.2. The van der Waals surface area contributed by atoms with E-state index in [0.29, 0.717) is 5.56 Å². The van der Waals surface area contributed by atoms with Crippen molar-refractivity contribution in [3.8, 4) is 0 Å². The first-order valence-corrected chi connectivity index (χ1v) is 9.25. The van der Waals surface area contributed by atoms with Crippen LogP contribution >= 0.6 is 0 Å². The van der Waals surface area contributed by atoms with Crippen molar-refractivity contribution in [3.05, 3.63) is 64.7 Å². The van der Waals surface area contributed by atoms with Crippen LogP contribution in [0.3, 0.4) is 0 Å². The van der Waals surface area contributed by atoms with Crippen LogP contribution in [0.15, 0.2) is 42.5 Å². The van der Waals surface area contributed by atoms with Gasteiger partial charge in [0.05, 0.1) is 5.69 Å². The summed E-state index contributed by atoms with van der Waals surface area (Å²) in [6.45, 7) is 11.7. The second-order valence-electron chi connectivity index (χ2n) is 8.57. The molecule has 142 valence electrons. The standard InChI is InChI=1S/C23H27NO3/c1-15-12-16(2)19-18(13-15)23(6,21(26)27-22(3,4)5)14-24(19)20(25)17-10-8-7-9-11-17/h7-13H,14H2,1-6H3. The van der Waals surface area contributed by atoms with Crippen LogP contribution in [-0.2, 0) is 14.9 Å². The van der Waals surface area contributed by atoms with Gasteiger partial charge in [-0.1, -0.05) is 35.9 Å². The molecule has 1 aliphatic heterocycles. The molecule has 4 heteroatoms. The molecule has 1 heterocycles. The van der Waals surface area contributed by atoms with Gasteiger partial charge in [-0.25, -0.2) is 0 Å². The van der Waals surface area contributed by atoms with Gasteiger partial charge >= 0.3 is 5.97 Å². The number of fused-ring (bicyclic) bond motifs is 1. The van der Waals surface area contributed by atoms with Gasteiger partial charge in [-0.2, -0.15) is 0 Å². The first kappa shape index (κ1) is 19.2. The fraction of sp³-hybridized carbons (Fsp3) is 0.391. The van der Waals surface area contributed by atoms with Gasteiger partial charge < -0.3 is 9.64 Å². The van der Waals surface area contributed by atoms with E-state index in [0.717, 1.165) is 22.4 Å². The van der Waals surface area contributed by atoms with Crippen LogP contribution in [0.5, 0.6) is 0 Å². The summed E-state index contributed by atoms with van der Waals surface area (Å²) in [4.78, 5) is 28.1. The number of anilines is 1. The molecular formula is C23H27NO3. The Bertz CT molecular complexity index is 896. The third kappa shape index (κ3) is 3.48. The average molecular weight is 365 g/mol. The lowest BCUT2D eigenvalue weighted by Crippen LogP contribution is -2.43. The van der Waals surface area contributed by atoms with Gasteiger partial charge in [0.2, 0.25) is 0 Å². The van der Waals surface area contributed by atoms with Crippen molar-refractivity contribution in [2.45, 2.75) is 52.6 Å². The Kier molecular flexibility index (Phi) is 4.62. The first-order chi connectivity index (χ1) is 12.5. The van der Waals surface area contributed by atoms with Crippen LogP contribution in [0.1, 0.15) is 54.7 Å². The summed E-state index contributed by atoms with van der Waals surface area (Å²) in [7, 11) is 0. The first-order valence-electron chi connectivity index (χ1n) is 9.25. The molecule has 0 N–H and O–H groups in total. The predicted octanol–water partition coefficient (Wildman–Crippen LogP) is 4.56. The third-order valence-corrected chi connectivity index (χ3v) is 4.90. The minimum atomic E-state index is -0.899. The van der Waals surface area contributed by atoms with Gasteiger partial charge in [0, 0.05) is 12.1 Å². The number of amides is 1. The van der Waals surface area contributed by atoms with Crippen molar-refractivity contribution in [1.29, 1.82) is 0 Å². The molecule has 4 nitrogen and oxygen atoms in total. The summed E-state index contributed by atoms with van der Waals surface area (Å²) in [5, 5.41) is 0. The van der Waals surface area contributed by atoms with Crippen LogP contribution in [0, 0.1) is 13.8 Å². The Morgan fingerprint density at radius 2 is 1.70 bits per heavy atom. The van der Waals surface area contributed by atoms with Gasteiger partial charge in [-0.05, 0) is 64.8 Å². The van der Waals surface area contributed by atoms with E-state index >= 15 is 0 Å². The molecule has 1 atom stereocenters.